The molecule has 0 unspecified atom stereocenters. The van der Waals surface area contributed by atoms with E-state index in [1.165, 1.54) is 50.6 Å². The molecule has 2 heteroatoms. The number of ether oxygens (including phenoxy) is 1. The van der Waals surface area contributed by atoms with Crippen molar-refractivity contribution in [3.63, 3.8) is 0 Å². The Labute approximate surface area is 111 Å². The van der Waals surface area contributed by atoms with Crippen molar-refractivity contribution in [3.8, 4) is 0 Å². The van der Waals surface area contributed by atoms with Gasteiger partial charge >= 0.3 is 0 Å². The van der Waals surface area contributed by atoms with Crippen molar-refractivity contribution in [2.75, 3.05) is 13.2 Å². The third kappa shape index (κ3) is 6.18. The van der Waals surface area contributed by atoms with E-state index < -0.39 is 0 Å². The van der Waals surface area contributed by atoms with E-state index >= 15 is 0 Å². The summed E-state index contributed by atoms with van der Waals surface area (Å²) in [7, 11) is 0. The maximum Gasteiger partial charge on any atom is 0.0716 e. The van der Waals surface area contributed by atoms with Gasteiger partial charge < -0.3 is 10.1 Å². The molecule has 0 heterocycles. The van der Waals surface area contributed by atoms with E-state index in [1.54, 1.807) is 0 Å². The molecule has 0 saturated heterocycles. The largest absolute Gasteiger partial charge is 0.377 e. The Hall–Kier alpha value is -0.860. The van der Waals surface area contributed by atoms with Crippen molar-refractivity contribution in [1.29, 1.82) is 0 Å². The van der Waals surface area contributed by atoms with Crippen LogP contribution in [0.1, 0.15) is 44.1 Å². The predicted molar refractivity (Wildman–Crippen MR) is 75.6 cm³/mol. The summed E-state index contributed by atoms with van der Waals surface area (Å²) in [6.45, 7) is 2.85. The van der Waals surface area contributed by atoms with Crippen LogP contribution in [0.3, 0.4) is 0 Å². The van der Waals surface area contributed by atoms with Gasteiger partial charge in [0.15, 0.2) is 0 Å². The monoisotopic (exact) mass is 247 g/mol. The van der Waals surface area contributed by atoms with Gasteiger partial charge in [-0.05, 0) is 37.8 Å². The Morgan fingerprint density at radius 1 is 1.00 bits per heavy atom. The zero-order valence-corrected chi connectivity index (χ0v) is 11.2. The lowest BCUT2D eigenvalue weighted by atomic mass is 10.2. The average Bonchev–Trinajstić information content (AvgIpc) is 3.22. The normalized spacial score (nSPS) is 14.9. The topological polar surface area (TPSA) is 21.3 Å². The molecule has 1 N–H and O–H groups in total. The molecule has 1 aliphatic rings. The Morgan fingerprint density at radius 3 is 2.56 bits per heavy atom. The smallest absolute Gasteiger partial charge is 0.0716 e. The molecule has 0 aliphatic heterocycles. The fourth-order valence-electron chi connectivity index (χ4n) is 2.04. The summed E-state index contributed by atoms with van der Waals surface area (Å²) in [6.07, 6.45) is 7.92. The molecule has 0 spiro atoms. The van der Waals surface area contributed by atoms with Gasteiger partial charge in [-0.2, -0.15) is 0 Å². The lowest BCUT2D eigenvalue weighted by molar-refractivity contribution is 0.116. The first-order valence-electron chi connectivity index (χ1n) is 7.30. The molecule has 1 aromatic carbocycles. The van der Waals surface area contributed by atoms with Crippen LogP contribution in [0.2, 0.25) is 0 Å². The number of unbranched alkanes of at least 4 members (excludes halogenated alkanes) is 3. The highest BCUT2D eigenvalue weighted by Crippen LogP contribution is 2.18. The zero-order valence-electron chi connectivity index (χ0n) is 11.2. The number of nitrogens with one attached hydrogen (secondary N) is 1. The van der Waals surface area contributed by atoms with E-state index in [0.717, 1.165) is 19.3 Å². The van der Waals surface area contributed by atoms with Gasteiger partial charge in [-0.15, -0.1) is 0 Å². The summed E-state index contributed by atoms with van der Waals surface area (Å²) in [5, 5.41) is 3.55. The Kier molecular flexibility index (Phi) is 6.24. The van der Waals surface area contributed by atoms with E-state index in [4.69, 9.17) is 4.74 Å². The zero-order chi connectivity index (χ0) is 12.5. The fraction of sp³-hybridized carbons (Fsp3) is 0.625. The Balaban J connectivity index is 1.35. The second-order valence-electron chi connectivity index (χ2n) is 5.18. The highest BCUT2D eigenvalue weighted by molar-refractivity contribution is 5.13. The molecule has 0 aromatic heterocycles. The van der Waals surface area contributed by atoms with Crippen LogP contribution in [-0.4, -0.2) is 19.2 Å². The lowest BCUT2D eigenvalue weighted by Gasteiger charge is -2.05. The molecule has 1 aliphatic carbocycles. The molecule has 1 aromatic rings. The summed E-state index contributed by atoms with van der Waals surface area (Å²) in [5.41, 5.74) is 1.27. The molecule has 2 nitrogen and oxygen atoms in total. The molecular weight excluding hydrogens is 222 g/mol. The van der Waals surface area contributed by atoms with Crippen LogP contribution < -0.4 is 5.32 Å². The third-order valence-electron chi connectivity index (χ3n) is 3.34. The van der Waals surface area contributed by atoms with Gasteiger partial charge in [0.1, 0.15) is 0 Å². The Bertz CT molecular complexity index is 308. The van der Waals surface area contributed by atoms with Crippen LogP contribution in [0.25, 0.3) is 0 Å². The quantitative estimate of drug-likeness (QED) is 0.639. The van der Waals surface area contributed by atoms with E-state index in [0.29, 0.717) is 0 Å². The van der Waals surface area contributed by atoms with Gasteiger partial charge in [0.25, 0.3) is 0 Å². The van der Waals surface area contributed by atoms with Crippen molar-refractivity contribution < 1.29 is 4.74 Å². The minimum absolute atomic E-state index is 0.754. The summed E-state index contributed by atoms with van der Waals surface area (Å²) in [6, 6.07) is 11.3. The summed E-state index contributed by atoms with van der Waals surface area (Å²) >= 11 is 0. The first kappa shape index (κ1) is 13.6. The molecule has 0 radical (unpaired) electrons. The maximum absolute atomic E-state index is 5.66. The van der Waals surface area contributed by atoms with Crippen LogP contribution in [-0.2, 0) is 11.3 Å². The highest BCUT2D eigenvalue weighted by atomic mass is 16.5. The van der Waals surface area contributed by atoms with Gasteiger partial charge in [-0.3, -0.25) is 0 Å². The summed E-state index contributed by atoms with van der Waals surface area (Å²) < 4.78 is 5.66. The number of benzene rings is 1. The SMILES string of the molecule is c1ccc(COCCCCCCNC2CC2)cc1. The molecule has 0 bridgehead atoms. The number of rotatable bonds is 10. The molecule has 18 heavy (non-hydrogen) atoms. The fourth-order valence-corrected chi connectivity index (χ4v) is 2.04. The van der Waals surface area contributed by atoms with Crippen LogP contribution in [0.15, 0.2) is 30.3 Å². The van der Waals surface area contributed by atoms with Crippen molar-refractivity contribution in [2.24, 2.45) is 0 Å². The van der Waals surface area contributed by atoms with Gasteiger partial charge in [0.05, 0.1) is 6.61 Å². The lowest BCUT2D eigenvalue weighted by Crippen LogP contribution is -2.17. The van der Waals surface area contributed by atoms with Crippen LogP contribution in [0.5, 0.6) is 0 Å². The molecule has 2 rings (SSSR count). The van der Waals surface area contributed by atoms with E-state index in [1.807, 2.05) is 6.07 Å². The minimum atomic E-state index is 0.754. The number of hydrogen-bond donors (Lipinski definition) is 1. The Morgan fingerprint density at radius 2 is 1.78 bits per heavy atom. The van der Waals surface area contributed by atoms with Gasteiger partial charge in [-0.1, -0.05) is 43.2 Å². The predicted octanol–water partition coefficient (Wildman–Crippen LogP) is 3.52. The molecule has 1 fully saturated rings. The molecule has 0 amide bonds. The van der Waals surface area contributed by atoms with E-state index in [-0.39, 0.29) is 0 Å². The van der Waals surface area contributed by atoms with Gasteiger partial charge in [0, 0.05) is 12.6 Å². The van der Waals surface area contributed by atoms with Crippen LogP contribution in [0.4, 0.5) is 0 Å². The molecule has 0 atom stereocenters. The van der Waals surface area contributed by atoms with Crippen molar-refractivity contribution >= 4 is 0 Å². The highest BCUT2D eigenvalue weighted by Gasteiger charge is 2.19. The van der Waals surface area contributed by atoms with E-state index in [2.05, 4.69) is 29.6 Å². The van der Waals surface area contributed by atoms with Crippen molar-refractivity contribution in [3.05, 3.63) is 35.9 Å². The summed E-state index contributed by atoms with van der Waals surface area (Å²) in [5.74, 6) is 0. The minimum Gasteiger partial charge on any atom is -0.377 e. The molecule has 100 valence electrons. The van der Waals surface area contributed by atoms with Crippen molar-refractivity contribution in [2.45, 2.75) is 51.2 Å². The second-order valence-corrected chi connectivity index (χ2v) is 5.18. The first-order chi connectivity index (χ1) is 8.95. The van der Waals surface area contributed by atoms with Gasteiger partial charge in [0.2, 0.25) is 0 Å². The maximum atomic E-state index is 5.66. The standard InChI is InChI=1S/C16H25NO/c1(6-12-17-16-10-11-16)2-7-13-18-14-15-8-4-3-5-9-15/h3-5,8-9,16-17H,1-2,6-7,10-14H2. The first-order valence-corrected chi connectivity index (χ1v) is 7.30. The van der Waals surface area contributed by atoms with E-state index in [9.17, 15) is 0 Å². The second kappa shape index (κ2) is 8.28. The van der Waals surface area contributed by atoms with Crippen molar-refractivity contribution in [1.82, 2.24) is 5.32 Å². The average molecular weight is 247 g/mol. The van der Waals surface area contributed by atoms with Crippen LogP contribution >= 0.6 is 0 Å². The third-order valence-corrected chi connectivity index (χ3v) is 3.34. The number of hydrogen-bond acceptors (Lipinski definition) is 2. The molecule has 1 saturated carbocycles. The molecular formula is C16H25NO. The van der Waals surface area contributed by atoms with Gasteiger partial charge in [-0.25, -0.2) is 0 Å². The van der Waals surface area contributed by atoms with Crippen LogP contribution in [0, 0.1) is 0 Å². The summed E-state index contributed by atoms with van der Waals surface area (Å²) in [4.78, 5) is 0.